The Bertz CT molecular complexity index is 856. The van der Waals surface area contributed by atoms with Gasteiger partial charge in [-0.3, -0.25) is 4.68 Å². The van der Waals surface area contributed by atoms with Crippen molar-refractivity contribution in [3.8, 4) is 11.6 Å². The molecule has 25 heavy (non-hydrogen) atoms. The summed E-state index contributed by atoms with van der Waals surface area (Å²) < 4.78 is 7.79. The van der Waals surface area contributed by atoms with Gasteiger partial charge >= 0.3 is 0 Å². The van der Waals surface area contributed by atoms with E-state index < -0.39 is 0 Å². The zero-order chi connectivity index (χ0) is 17.8. The van der Waals surface area contributed by atoms with Crippen molar-refractivity contribution in [2.75, 3.05) is 0 Å². The average Bonchev–Trinajstić information content (AvgIpc) is 3.04. The van der Waals surface area contributed by atoms with Crippen LogP contribution in [0.1, 0.15) is 35.2 Å². The molecule has 0 aliphatic heterocycles. The number of ether oxygens (including phenoxy) is 1. The van der Waals surface area contributed by atoms with Gasteiger partial charge in [0, 0.05) is 43.7 Å². The predicted molar refractivity (Wildman–Crippen MR) is 98.7 cm³/mol. The lowest BCUT2D eigenvalue weighted by molar-refractivity contribution is 0.457. The van der Waals surface area contributed by atoms with E-state index in [9.17, 15) is 0 Å². The third kappa shape index (κ3) is 4.25. The van der Waals surface area contributed by atoms with Gasteiger partial charge in [-0.2, -0.15) is 5.10 Å². The van der Waals surface area contributed by atoms with Crippen LogP contribution in [0, 0.1) is 13.8 Å². The van der Waals surface area contributed by atoms with Crippen LogP contribution in [0.15, 0.2) is 48.9 Å². The average molecular weight is 336 g/mol. The molecule has 0 bridgehead atoms. The van der Waals surface area contributed by atoms with Gasteiger partial charge in [0.05, 0.1) is 6.20 Å². The first-order chi connectivity index (χ1) is 12.0. The number of rotatable bonds is 6. The maximum absolute atomic E-state index is 5.97. The van der Waals surface area contributed by atoms with Crippen molar-refractivity contribution in [2.45, 2.75) is 33.4 Å². The number of hydrogen-bond acceptors (Lipinski definition) is 4. The quantitative estimate of drug-likeness (QED) is 0.737. The Kier molecular flexibility index (Phi) is 5.14. The first-order valence-electron chi connectivity index (χ1n) is 8.44. The monoisotopic (exact) mass is 336 g/mol. The summed E-state index contributed by atoms with van der Waals surface area (Å²) in [7, 11) is 1.93. The van der Waals surface area contributed by atoms with Crippen molar-refractivity contribution in [1.82, 2.24) is 20.1 Å². The van der Waals surface area contributed by atoms with E-state index in [0.717, 1.165) is 23.4 Å². The van der Waals surface area contributed by atoms with E-state index in [1.165, 1.54) is 11.1 Å². The van der Waals surface area contributed by atoms with Crippen molar-refractivity contribution in [2.24, 2.45) is 7.05 Å². The van der Waals surface area contributed by atoms with Crippen LogP contribution in [0.25, 0.3) is 0 Å². The number of nitrogens with one attached hydrogen (secondary N) is 1. The molecule has 2 heterocycles. The van der Waals surface area contributed by atoms with Gasteiger partial charge in [-0.15, -0.1) is 0 Å². The molecule has 0 saturated carbocycles. The molecule has 0 spiro atoms. The molecule has 5 nitrogen and oxygen atoms in total. The van der Waals surface area contributed by atoms with Gasteiger partial charge in [-0.1, -0.05) is 12.1 Å². The van der Waals surface area contributed by atoms with Crippen molar-refractivity contribution in [3.05, 3.63) is 71.2 Å². The molecule has 1 N–H and O–H groups in total. The van der Waals surface area contributed by atoms with Crippen LogP contribution in [-0.4, -0.2) is 14.8 Å². The molecular weight excluding hydrogens is 312 g/mol. The minimum atomic E-state index is 0.227. The highest BCUT2D eigenvalue weighted by atomic mass is 16.5. The van der Waals surface area contributed by atoms with E-state index in [0.29, 0.717) is 5.88 Å². The molecule has 0 unspecified atom stereocenters. The lowest BCUT2D eigenvalue weighted by Gasteiger charge is -2.13. The highest BCUT2D eigenvalue weighted by molar-refractivity contribution is 5.40. The van der Waals surface area contributed by atoms with Crippen LogP contribution in [0.2, 0.25) is 0 Å². The zero-order valence-corrected chi connectivity index (χ0v) is 15.2. The van der Waals surface area contributed by atoms with Crippen LogP contribution < -0.4 is 10.1 Å². The summed E-state index contributed by atoms with van der Waals surface area (Å²) in [6.07, 6.45) is 5.70. The van der Waals surface area contributed by atoms with Crippen LogP contribution in [0.4, 0.5) is 0 Å². The minimum Gasteiger partial charge on any atom is -0.439 e. The van der Waals surface area contributed by atoms with Crippen molar-refractivity contribution in [1.29, 1.82) is 0 Å². The van der Waals surface area contributed by atoms with E-state index in [1.807, 2.05) is 48.4 Å². The number of hydrogen-bond donors (Lipinski definition) is 1. The largest absolute Gasteiger partial charge is 0.439 e. The van der Waals surface area contributed by atoms with Gasteiger partial charge in [0.15, 0.2) is 0 Å². The number of aromatic nitrogens is 3. The molecule has 0 saturated heterocycles. The Morgan fingerprint density at radius 2 is 2.08 bits per heavy atom. The molecule has 0 aliphatic carbocycles. The molecule has 2 aromatic heterocycles. The topological polar surface area (TPSA) is 52.0 Å². The minimum absolute atomic E-state index is 0.227. The molecule has 0 amide bonds. The van der Waals surface area contributed by atoms with Crippen LogP contribution in [0.5, 0.6) is 11.6 Å². The SMILES string of the molecule is Cc1cccc(Oc2cc(CN[C@@H](C)c3cnn(C)c3)ccn2)c1C. The first-order valence-corrected chi connectivity index (χ1v) is 8.44. The summed E-state index contributed by atoms with van der Waals surface area (Å²) in [5.74, 6) is 1.46. The van der Waals surface area contributed by atoms with Gasteiger partial charge in [0.1, 0.15) is 5.75 Å². The van der Waals surface area contributed by atoms with E-state index in [-0.39, 0.29) is 6.04 Å². The van der Waals surface area contributed by atoms with Gasteiger partial charge in [-0.05, 0) is 49.6 Å². The van der Waals surface area contributed by atoms with Gasteiger partial charge in [0.2, 0.25) is 5.88 Å². The summed E-state index contributed by atoms with van der Waals surface area (Å²) in [6.45, 7) is 7.01. The van der Waals surface area contributed by atoms with E-state index in [4.69, 9.17) is 4.74 Å². The van der Waals surface area contributed by atoms with Crippen LogP contribution in [0.3, 0.4) is 0 Å². The van der Waals surface area contributed by atoms with Crippen molar-refractivity contribution in [3.63, 3.8) is 0 Å². The maximum atomic E-state index is 5.97. The molecule has 0 radical (unpaired) electrons. The summed E-state index contributed by atoms with van der Waals surface area (Å²) in [6, 6.07) is 10.3. The van der Waals surface area contributed by atoms with Gasteiger partial charge < -0.3 is 10.1 Å². The predicted octanol–water partition coefficient (Wildman–Crippen LogP) is 4.08. The Morgan fingerprint density at radius 1 is 1.24 bits per heavy atom. The Morgan fingerprint density at radius 3 is 2.84 bits per heavy atom. The molecular formula is C20H24N4O. The fraction of sp³-hybridized carbons (Fsp3) is 0.300. The smallest absolute Gasteiger partial charge is 0.219 e. The summed E-state index contributed by atoms with van der Waals surface area (Å²) >= 11 is 0. The van der Waals surface area contributed by atoms with Gasteiger partial charge in [-0.25, -0.2) is 4.98 Å². The summed E-state index contributed by atoms with van der Waals surface area (Å²) in [5.41, 5.74) is 4.65. The molecule has 3 aromatic rings. The molecule has 1 atom stereocenters. The first kappa shape index (κ1) is 17.2. The molecule has 3 rings (SSSR count). The fourth-order valence-corrected chi connectivity index (χ4v) is 2.62. The highest BCUT2D eigenvalue weighted by Gasteiger charge is 2.08. The number of pyridine rings is 1. The van der Waals surface area contributed by atoms with E-state index >= 15 is 0 Å². The van der Waals surface area contributed by atoms with E-state index in [2.05, 4.69) is 42.2 Å². The fourth-order valence-electron chi connectivity index (χ4n) is 2.62. The van der Waals surface area contributed by atoms with Gasteiger partial charge in [0.25, 0.3) is 0 Å². The summed E-state index contributed by atoms with van der Waals surface area (Å²) in [5, 5.41) is 7.72. The Hall–Kier alpha value is -2.66. The Balaban J connectivity index is 1.66. The zero-order valence-electron chi connectivity index (χ0n) is 15.2. The second-order valence-electron chi connectivity index (χ2n) is 6.35. The third-order valence-corrected chi connectivity index (χ3v) is 4.41. The standard InChI is InChI=1S/C20H24N4O/c1-14-6-5-7-19(15(14)2)25-20-10-17(8-9-21-20)11-22-16(3)18-12-23-24(4)13-18/h5-10,12-13,16,22H,11H2,1-4H3/t16-/m0/s1. The molecule has 0 fully saturated rings. The Labute approximate surface area is 148 Å². The lowest BCUT2D eigenvalue weighted by atomic mass is 10.1. The number of nitrogens with zero attached hydrogens (tertiary/aromatic N) is 3. The van der Waals surface area contributed by atoms with Crippen molar-refractivity contribution >= 4 is 0 Å². The summed E-state index contributed by atoms with van der Waals surface area (Å²) in [4.78, 5) is 4.33. The maximum Gasteiger partial charge on any atom is 0.219 e. The van der Waals surface area contributed by atoms with Crippen LogP contribution >= 0.6 is 0 Å². The normalized spacial score (nSPS) is 12.2. The second kappa shape index (κ2) is 7.49. The molecule has 1 aromatic carbocycles. The lowest BCUT2D eigenvalue weighted by Crippen LogP contribution is -2.17. The number of aryl methyl sites for hydroxylation is 2. The third-order valence-electron chi connectivity index (χ3n) is 4.41. The molecule has 130 valence electrons. The van der Waals surface area contributed by atoms with Crippen LogP contribution in [-0.2, 0) is 13.6 Å². The highest BCUT2D eigenvalue weighted by Crippen LogP contribution is 2.26. The number of benzene rings is 1. The second-order valence-corrected chi connectivity index (χ2v) is 6.35. The van der Waals surface area contributed by atoms with Crippen molar-refractivity contribution < 1.29 is 4.74 Å². The molecule has 0 aliphatic rings. The van der Waals surface area contributed by atoms with E-state index in [1.54, 1.807) is 6.20 Å². The molecule has 5 heteroatoms.